The second kappa shape index (κ2) is 7.31. The Hall–Kier alpha value is -1.76. The molecule has 0 saturated heterocycles. The molecule has 2 aromatic heterocycles. The van der Waals surface area contributed by atoms with Crippen LogP contribution in [-0.2, 0) is 6.42 Å². The van der Waals surface area contributed by atoms with Crippen molar-refractivity contribution in [3.8, 4) is 0 Å². The third-order valence-electron chi connectivity index (χ3n) is 3.17. The van der Waals surface area contributed by atoms with Crippen molar-refractivity contribution in [3.05, 3.63) is 28.2 Å². The lowest BCUT2D eigenvalue weighted by molar-refractivity contribution is 0.356. The van der Waals surface area contributed by atoms with Gasteiger partial charge in [0, 0.05) is 10.9 Å². The molecular weight excluding hydrogens is 289 g/mol. The first-order valence-electron chi connectivity index (χ1n) is 7.03. The summed E-state index contributed by atoms with van der Waals surface area (Å²) >= 11 is 1.75. The quantitative estimate of drug-likeness (QED) is 0.820. The largest absolute Gasteiger partial charge is 0.368 e. The van der Waals surface area contributed by atoms with Crippen LogP contribution in [0.1, 0.15) is 43.6 Å². The van der Waals surface area contributed by atoms with Crippen molar-refractivity contribution in [1.29, 1.82) is 0 Å². The number of nitrogen functional groups attached to an aromatic ring is 1. The lowest BCUT2D eigenvalue weighted by atomic mass is 10.1. The lowest BCUT2D eigenvalue weighted by Crippen LogP contribution is -2.22. The minimum atomic E-state index is -1.26. The molecule has 0 amide bonds. The van der Waals surface area contributed by atoms with Gasteiger partial charge < -0.3 is 11.1 Å². The lowest BCUT2D eigenvalue weighted by Gasteiger charge is -2.17. The van der Waals surface area contributed by atoms with Crippen molar-refractivity contribution in [3.63, 3.8) is 0 Å². The Labute approximate surface area is 127 Å². The third-order valence-corrected chi connectivity index (χ3v) is 4.11. The Balaban J connectivity index is 2.00. The molecule has 0 aliphatic rings. The van der Waals surface area contributed by atoms with Gasteiger partial charge in [0.1, 0.15) is 0 Å². The van der Waals surface area contributed by atoms with Gasteiger partial charge in [0.05, 0.1) is 0 Å². The van der Waals surface area contributed by atoms with E-state index < -0.39 is 6.17 Å². The highest BCUT2D eigenvalue weighted by Crippen LogP contribution is 2.17. The molecule has 2 heterocycles. The van der Waals surface area contributed by atoms with E-state index in [9.17, 15) is 4.39 Å². The number of nitrogens with one attached hydrogen (secondary N) is 1. The van der Waals surface area contributed by atoms with Gasteiger partial charge in [-0.3, -0.25) is 0 Å². The predicted octanol–water partition coefficient (Wildman–Crippen LogP) is 3.37. The number of halogens is 1. The summed E-state index contributed by atoms with van der Waals surface area (Å²) in [6.07, 6.45) is 1.62. The molecule has 0 aromatic carbocycles. The Kier molecular flexibility index (Phi) is 5.44. The molecule has 21 heavy (non-hydrogen) atoms. The van der Waals surface area contributed by atoms with Crippen molar-refractivity contribution in [2.24, 2.45) is 0 Å². The summed E-state index contributed by atoms with van der Waals surface area (Å²) in [5.74, 6) is 0.457. The van der Waals surface area contributed by atoms with Crippen LogP contribution >= 0.6 is 11.3 Å². The number of nitrogens with zero attached hydrogens (tertiary/aromatic N) is 3. The molecular formula is C14H20FN5S. The van der Waals surface area contributed by atoms with Crippen LogP contribution in [0.4, 0.5) is 16.3 Å². The van der Waals surface area contributed by atoms with E-state index in [0.717, 1.165) is 19.3 Å². The van der Waals surface area contributed by atoms with Crippen LogP contribution in [0, 0.1) is 0 Å². The smallest absolute Gasteiger partial charge is 0.228 e. The van der Waals surface area contributed by atoms with Gasteiger partial charge in [-0.1, -0.05) is 13.0 Å². The number of aromatic nitrogens is 3. The normalized spacial score (nSPS) is 13.9. The van der Waals surface area contributed by atoms with E-state index in [0.29, 0.717) is 5.95 Å². The van der Waals surface area contributed by atoms with Gasteiger partial charge in [-0.25, -0.2) is 4.39 Å². The minimum absolute atomic E-state index is 0.0418. The monoisotopic (exact) mass is 309 g/mol. The second-order valence-electron chi connectivity index (χ2n) is 4.86. The highest BCUT2D eigenvalue weighted by atomic mass is 32.1. The van der Waals surface area contributed by atoms with Crippen LogP contribution in [0.5, 0.6) is 0 Å². The fraction of sp³-hybridized carbons (Fsp3) is 0.500. The number of nitrogens with two attached hydrogens (primary N) is 1. The minimum Gasteiger partial charge on any atom is -0.368 e. The predicted molar refractivity (Wildman–Crippen MR) is 84.1 cm³/mol. The van der Waals surface area contributed by atoms with E-state index in [1.165, 1.54) is 11.8 Å². The van der Waals surface area contributed by atoms with Crippen molar-refractivity contribution in [2.45, 2.75) is 45.3 Å². The topological polar surface area (TPSA) is 76.7 Å². The molecule has 0 bridgehead atoms. The molecule has 0 spiro atoms. The number of aryl methyl sites for hydroxylation is 1. The van der Waals surface area contributed by atoms with E-state index in [-0.39, 0.29) is 17.8 Å². The van der Waals surface area contributed by atoms with Crippen molar-refractivity contribution in [1.82, 2.24) is 15.0 Å². The van der Waals surface area contributed by atoms with Crippen molar-refractivity contribution < 1.29 is 4.39 Å². The number of rotatable bonds is 7. The highest BCUT2D eigenvalue weighted by Gasteiger charge is 2.13. The molecule has 0 aliphatic heterocycles. The fourth-order valence-corrected chi connectivity index (χ4v) is 2.71. The first-order chi connectivity index (χ1) is 10.1. The molecule has 7 heteroatoms. The third kappa shape index (κ3) is 4.63. The molecule has 0 saturated carbocycles. The summed E-state index contributed by atoms with van der Waals surface area (Å²) in [6.45, 7) is 3.47. The Bertz CT molecular complexity index is 558. The average Bonchev–Trinajstić information content (AvgIpc) is 2.96. The number of thiophene rings is 1. The zero-order chi connectivity index (χ0) is 15.2. The first-order valence-corrected chi connectivity index (χ1v) is 7.91. The van der Waals surface area contributed by atoms with Crippen LogP contribution in [0.25, 0.3) is 0 Å². The van der Waals surface area contributed by atoms with Crippen LogP contribution in [0.15, 0.2) is 17.5 Å². The fourth-order valence-electron chi connectivity index (χ4n) is 1.98. The summed E-state index contributed by atoms with van der Waals surface area (Å²) in [7, 11) is 0. The molecule has 0 radical (unpaired) electrons. The van der Waals surface area contributed by atoms with Crippen LogP contribution < -0.4 is 11.1 Å². The standard InChI is InChI=1S/C14H20FN5S/c1-3-10(6-7-11-5-4-8-21-11)17-14-19-12(9(2)15)18-13(16)20-14/h4-5,8-10H,3,6-7H2,1-2H3,(H3,16,17,18,19,20). The van der Waals surface area contributed by atoms with Gasteiger partial charge in [0.15, 0.2) is 12.0 Å². The van der Waals surface area contributed by atoms with E-state index >= 15 is 0 Å². The van der Waals surface area contributed by atoms with Gasteiger partial charge in [0.25, 0.3) is 0 Å². The maximum Gasteiger partial charge on any atom is 0.228 e. The maximum atomic E-state index is 13.3. The molecule has 0 aliphatic carbocycles. The number of alkyl halides is 1. The number of hydrogen-bond donors (Lipinski definition) is 2. The summed E-state index contributed by atoms with van der Waals surface area (Å²) in [5.41, 5.74) is 5.60. The van der Waals surface area contributed by atoms with Crippen LogP contribution in [0.2, 0.25) is 0 Å². The maximum absolute atomic E-state index is 13.3. The number of anilines is 2. The van der Waals surface area contributed by atoms with Gasteiger partial charge in [-0.05, 0) is 37.6 Å². The molecule has 114 valence electrons. The zero-order valence-electron chi connectivity index (χ0n) is 12.2. The van der Waals surface area contributed by atoms with Crippen LogP contribution in [-0.4, -0.2) is 21.0 Å². The molecule has 2 rings (SSSR count). The number of hydrogen-bond acceptors (Lipinski definition) is 6. The van der Waals surface area contributed by atoms with Crippen LogP contribution in [0.3, 0.4) is 0 Å². The summed E-state index contributed by atoms with van der Waals surface area (Å²) in [5, 5.41) is 5.30. The Morgan fingerprint density at radius 2 is 2.19 bits per heavy atom. The van der Waals surface area contributed by atoms with E-state index in [1.807, 2.05) is 0 Å². The summed E-state index contributed by atoms with van der Waals surface area (Å²) < 4.78 is 13.3. The second-order valence-corrected chi connectivity index (χ2v) is 5.89. The summed E-state index contributed by atoms with van der Waals surface area (Å²) in [6, 6.07) is 4.40. The molecule has 5 nitrogen and oxygen atoms in total. The Morgan fingerprint density at radius 1 is 1.38 bits per heavy atom. The molecule has 2 unspecified atom stereocenters. The first kappa shape index (κ1) is 15.6. The van der Waals surface area contributed by atoms with E-state index in [4.69, 9.17) is 5.73 Å². The summed E-state index contributed by atoms with van der Waals surface area (Å²) in [4.78, 5) is 13.3. The van der Waals surface area contributed by atoms with Crippen molar-refractivity contribution in [2.75, 3.05) is 11.1 Å². The van der Waals surface area contributed by atoms with Gasteiger partial charge >= 0.3 is 0 Å². The average molecular weight is 309 g/mol. The molecule has 2 atom stereocenters. The van der Waals surface area contributed by atoms with Gasteiger partial charge in [-0.2, -0.15) is 15.0 Å². The molecule has 3 N–H and O–H groups in total. The highest BCUT2D eigenvalue weighted by molar-refractivity contribution is 7.09. The molecule has 0 fully saturated rings. The zero-order valence-corrected chi connectivity index (χ0v) is 13.0. The van der Waals surface area contributed by atoms with Crippen molar-refractivity contribution >= 4 is 23.2 Å². The SMILES string of the molecule is CCC(CCc1cccs1)Nc1nc(N)nc(C(C)F)n1. The molecule has 2 aromatic rings. The van der Waals surface area contributed by atoms with Gasteiger partial charge in [-0.15, -0.1) is 11.3 Å². The van der Waals surface area contributed by atoms with E-state index in [2.05, 4.69) is 44.7 Å². The van der Waals surface area contributed by atoms with E-state index in [1.54, 1.807) is 11.3 Å². The van der Waals surface area contributed by atoms with Gasteiger partial charge in [0.2, 0.25) is 11.9 Å². The Morgan fingerprint density at radius 3 is 2.81 bits per heavy atom.